The molecule has 0 unspecified atom stereocenters. The van der Waals surface area contributed by atoms with Crippen molar-refractivity contribution in [3.63, 3.8) is 0 Å². The molecule has 0 heterocycles. The molecule has 1 aromatic rings. The van der Waals surface area contributed by atoms with E-state index >= 15 is 0 Å². The molecule has 0 aliphatic heterocycles. The smallest absolute Gasteiger partial charge is 0.134 e. The van der Waals surface area contributed by atoms with Crippen molar-refractivity contribution >= 4 is 17.4 Å². The molecule has 0 atom stereocenters. The van der Waals surface area contributed by atoms with Gasteiger partial charge in [0.05, 0.1) is 7.11 Å². The van der Waals surface area contributed by atoms with Gasteiger partial charge < -0.3 is 10.5 Å². The molecule has 100 valence electrons. The Morgan fingerprint density at radius 2 is 2.00 bits per heavy atom. The zero-order valence-electron chi connectivity index (χ0n) is 11.3. The SMILES string of the molecule is CCC1CCC(Sc2ccc(N)cc2OC)CC1. The third kappa shape index (κ3) is 3.35. The van der Waals surface area contributed by atoms with Gasteiger partial charge in [0.15, 0.2) is 0 Å². The fourth-order valence-corrected chi connectivity index (χ4v) is 3.89. The minimum absolute atomic E-state index is 0.741. The van der Waals surface area contributed by atoms with Gasteiger partial charge in [0, 0.05) is 21.9 Å². The highest BCUT2D eigenvalue weighted by Gasteiger charge is 2.21. The van der Waals surface area contributed by atoms with E-state index in [2.05, 4.69) is 13.0 Å². The first-order valence-electron chi connectivity index (χ1n) is 6.83. The minimum Gasteiger partial charge on any atom is -0.496 e. The summed E-state index contributed by atoms with van der Waals surface area (Å²) >= 11 is 1.96. The lowest BCUT2D eigenvalue weighted by molar-refractivity contribution is 0.356. The average Bonchev–Trinajstić information content (AvgIpc) is 2.41. The van der Waals surface area contributed by atoms with Crippen molar-refractivity contribution in [3.8, 4) is 5.75 Å². The van der Waals surface area contributed by atoms with Crippen LogP contribution < -0.4 is 10.5 Å². The van der Waals surface area contributed by atoms with E-state index in [1.54, 1.807) is 7.11 Å². The van der Waals surface area contributed by atoms with Crippen molar-refractivity contribution in [2.24, 2.45) is 5.92 Å². The van der Waals surface area contributed by atoms with E-state index in [0.29, 0.717) is 0 Å². The molecular weight excluding hydrogens is 242 g/mol. The molecule has 1 saturated carbocycles. The number of thioether (sulfide) groups is 1. The van der Waals surface area contributed by atoms with Crippen molar-refractivity contribution in [1.29, 1.82) is 0 Å². The third-order valence-electron chi connectivity index (χ3n) is 3.85. The molecule has 0 bridgehead atoms. The normalized spacial score (nSPS) is 23.9. The molecular formula is C15H23NOS. The Balaban J connectivity index is 1.97. The molecule has 3 heteroatoms. The highest BCUT2D eigenvalue weighted by Crippen LogP contribution is 2.40. The number of anilines is 1. The molecule has 1 aliphatic carbocycles. The summed E-state index contributed by atoms with van der Waals surface area (Å²) in [5.74, 6) is 1.87. The molecule has 0 amide bonds. The van der Waals surface area contributed by atoms with Gasteiger partial charge in [0.25, 0.3) is 0 Å². The molecule has 2 rings (SSSR count). The fourth-order valence-electron chi connectivity index (χ4n) is 2.62. The first-order valence-corrected chi connectivity index (χ1v) is 7.71. The number of hydrogen-bond acceptors (Lipinski definition) is 3. The number of rotatable bonds is 4. The zero-order valence-corrected chi connectivity index (χ0v) is 12.1. The van der Waals surface area contributed by atoms with Crippen LogP contribution in [0.1, 0.15) is 39.0 Å². The number of benzene rings is 1. The van der Waals surface area contributed by atoms with E-state index in [1.807, 2.05) is 23.9 Å². The first kappa shape index (κ1) is 13.6. The summed E-state index contributed by atoms with van der Waals surface area (Å²) < 4.78 is 5.41. The topological polar surface area (TPSA) is 35.2 Å². The van der Waals surface area contributed by atoms with Crippen LogP contribution in [-0.4, -0.2) is 12.4 Å². The van der Waals surface area contributed by atoms with Gasteiger partial charge in [-0.05, 0) is 43.7 Å². The summed E-state index contributed by atoms with van der Waals surface area (Å²) in [5.41, 5.74) is 6.55. The summed E-state index contributed by atoms with van der Waals surface area (Å²) in [5, 5.41) is 0.741. The van der Waals surface area contributed by atoms with Crippen molar-refractivity contribution in [2.45, 2.75) is 49.2 Å². The Labute approximate surface area is 114 Å². The van der Waals surface area contributed by atoms with Crippen LogP contribution in [0.25, 0.3) is 0 Å². The van der Waals surface area contributed by atoms with Crippen LogP contribution in [0.3, 0.4) is 0 Å². The predicted octanol–water partition coefficient (Wildman–Crippen LogP) is 4.34. The monoisotopic (exact) mass is 265 g/mol. The molecule has 1 aromatic carbocycles. The lowest BCUT2D eigenvalue weighted by Crippen LogP contribution is -2.15. The van der Waals surface area contributed by atoms with Crippen LogP contribution in [0.15, 0.2) is 23.1 Å². The summed E-state index contributed by atoms with van der Waals surface area (Å²) in [6.45, 7) is 2.31. The number of nitrogen functional groups attached to an aromatic ring is 1. The van der Waals surface area contributed by atoms with Crippen LogP contribution in [-0.2, 0) is 0 Å². The fraction of sp³-hybridized carbons (Fsp3) is 0.600. The molecule has 1 aliphatic rings. The molecule has 0 saturated heterocycles. The Morgan fingerprint density at radius 3 is 2.61 bits per heavy atom. The van der Waals surface area contributed by atoms with Crippen LogP contribution >= 0.6 is 11.8 Å². The maximum atomic E-state index is 5.78. The molecule has 18 heavy (non-hydrogen) atoms. The zero-order chi connectivity index (χ0) is 13.0. The summed E-state index contributed by atoms with van der Waals surface area (Å²) in [4.78, 5) is 1.23. The van der Waals surface area contributed by atoms with Crippen molar-refractivity contribution in [3.05, 3.63) is 18.2 Å². The van der Waals surface area contributed by atoms with Gasteiger partial charge in [-0.2, -0.15) is 0 Å². The van der Waals surface area contributed by atoms with Crippen molar-refractivity contribution < 1.29 is 4.74 Å². The van der Waals surface area contributed by atoms with E-state index in [4.69, 9.17) is 10.5 Å². The minimum atomic E-state index is 0.741. The Kier molecular flexibility index (Phi) is 4.81. The average molecular weight is 265 g/mol. The van der Waals surface area contributed by atoms with Gasteiger partial charge in [0.2, 0.25) is 0 Å². The lowest BCUT2D eigenvalue weighted by Gasteiger charge is -2.27. The van der Waals surface area contributed by atoms with Crippen molar-refractivity contribution in [1.82, 2.24) is 0 Å². The number of nitrogens with two attached hydrogens (primary N) is 1. The van der Waals surface area contributed by atoms with E-state index in [0.717, 1.165) is 22.6 Å². The van der Waals surface area contributed by atoms with Crippen LogP contribution in [0.4, 0.5) is 5.69 Å². The second kappa shape index (κ2) is 6.37. The van der Waals surface area contributed by atoms with Crippen LogP contribution in [0.5, 0.6) is 5.75 Å². The van der Waals surface area contributed by atoms with Crippen molar-refractivity contribution in [2.75, 3.05) is 12.8 Å². The van der Waals surface area contributed by atoms with E-state index in [1.165, 1.54) is 37.0 Å². The largest absolute Gasteiger partial charge is 0.496 e. The maximum absolute atomic E-state index is 5.78. The molecule has 0 aromatic heterocycles. The van der Waals surface area contributed by atoms with Gasteiger partial charge in [-0.1, -0.05) is 13.3 Å². The second-order valence-corrected chi connectivity index (χ2v) is 6.42. The summed E-state index contributed by atoms with van der Waals surface area (Å²) in [7, 11) is 1.72. The van der Waals surface area contributed by atoms with Crippen LogP contribution in [0, 0.1) is 5.92 Å². The number of hydrogen-bond donors (Lipinski definition) is 1. The van der Waals surface area contributed by atoms with Gasteiger partial charge >= 0.3 is 0 Å². The Bertz CT molecular complexity index is 386. The molecule has 2 N–H and O–H groups in total. The molecule has 2 nitrogen and oxygen atoms in total. The van der Waals surface area contributed by atoms with Crippen LogP contribution in [0.2, 0.25) is 0 Å². The Hall–Kier alpha value is -0.830. The quantitative estimate of drug-likeness (QED) is 0.823. The third-order valence-corrected chi connectivity index (χ3v) is 5.25. The predicted molar refractivity (Wildman–Crippen MR) is 79.3 cm³/mol. The van der Waals surface area contributed by atoms with Gasteiger partial charge in [-0.3, -0.25) is 0 Å². The highest BCUT2D eigenvalue weighted by molar-refractivity contribution is 8.00. The standard InChI is InChI=1S/C15H23NOS/c1-3-11-4-7-13(8-5-11)18-15-9-6-12(16)10-14(15)17-2/h6,9-11,13H,3-5,7-8,16H2,1-2H3. The molecule has 0 radical (unpaired) electrons. The second-order valence-electron chi connectivity index (χ2n) is 5.08. The summed E-state index contributed by atoms with van der Waals surface area (Å²) in [6.07, 6.45) is 6.76. The first-order chi connectivity index (χ1) is 8.72. The Morgan fingerprint density at radius 1 is 1.28 bits per heavy atom. The maximum Gasteiger partial charge on any atom is 0.134 e. The van der Waals surface area contributed by atoms with Gasteiger partial charge in [0.1, 0.15) is 5.75 Å². The van der Waals surface area contributed by atoms with E-state index < -0.39 is 0 Å². The molecule has 1 fully saturated rings. The number of methoxy groups -OCH3 is 1. The van der Waals surface area contributed by atoms with E-state index in [9.17, 15) is 0 Å². The molecule has 0 spiro atoms. The van der Waals surface area contributed by atoms with Gasteiger partial charge in [-0.15, -0.1) is 11.8 Å². The van der Waals surface area contributed by atoms with E-state index in [-0.39, 0.29) is 0 Å². The lowest BCUT2D eigenvalue weighted by atomic mass is 9.87. The summed E-state index contributed by atoms with van der Waals surface area (Å²) in [6, 6.07) is 5.97. The highest BCUT2D eigenvalue weighted by atomic mass is 32.2. The van der Waals surface area contributed by atoms with Gasteiger partial charge in [-0.25, -0.2) is 0 Å². The number of ether oxygens (including phenoxy) is 1.